The zero-order valence-corrected chi connectivity index (χ0v) is 11.1. The van der Waals surface area contributed by atoms with E-state index in [0.717, 1.165) is 5.56 Å². The van der Waals surface area contributed by atoms with Gasteiger partial charge in [-0.1, -0.05) is 36.8 Å². The molecule has 2 atom stereocenters. The summed E-state index contributed by atoms with van der Waals surface area (Å²) >= 11 is 0. The summed E-state index contributed by atoms with van der Waals surface area (Å²) in [7, 11) is 1.85. The van der Waals surface area contributed by atoms with Crippen LogP contribution in [0.15, 0.2) is 24.3 Å². The van der Waals surface area contributed by atoms with E-state index in [1.54, 1.807) is 0 Å². The van der Waals surface area contributed by atoms with Gasteiger partial charge in [-0.15, -0.1) is 0 Å². The number of carbonyl (C=O) groups excluding carboxylic acids is 1. The van der Waals surface area contributed by atoms with E-state index in [1.807, 2.05) is 20.9 Å². The first-order chi connectivity index (χ1) is 8.04. The van der Waals surface area contributed by atoms with Gasteiger partial charge in [-0.2, -0.15) is 0 Å². The summed E-state index contributed by atoms with van der Waals surface area (Å²) in [5.74, 6) is 0.0836. The van der Waals surface area contributed by atoms with Crippen LogP contribution in [0.3, 0.4) is 0 Å². The van der Waals surface area contributed by atoms with E-state index in [2.05, 4.69) is 41.8 Å². The summed E-state index contributed by atoms with van der Waals surface area (Å²) in [5.41, 5.74) is 2.37. The van der Waals surface area contributed by atoms with Gasteiger partial charge in [0.05, 0.1) is 6.04 Å². The molecule has 0 bridgehead atoms. The molecule has 0 heterocycles. The molecule has 0 radical (unpaired) electrons. The molecule has 0 fully saturated rings. The van der Waals surface area contributed by atoms with Crippen LogP contribution >= 0.6 is 0 Å². The highest BCUT2D eigenvalue weighted by Gasteiger charge is 2.15. The van der Waals surface area contributed by atoms with Crippen LogP contribution in [0.1, 0.15) is 31.0 Å². The topological polar surface area (TPSA) is 41.1 Å². The van der Waals surface area contributed by atoms with E-state index < -0.39 is 0 Å². The fourth-order valence-corrected chi connectivity index (χ4v) is 1.69. The number of benzene rings is 1. The van der Waals surface area contributed by atoms with E-state index in [1.165, 1.54) is 5.56 Å². The zero-order valence-electron chi connectivity index (χ0n) is 11.1. The molecule has 0 aliphatic rings. The lowest BCUT2D eigenvalue weighted by atomic mass is 10.1. The third kappa shape index (κ3) is 4.19. The normalized spacial score (nSPS) is 14.1. The minimum Gasteiger partial charge on any atom is -0.349 e. The Hall–Kier alpha value is -1.35. The number of amides is 1. The van der Waals surface area contributed by atoms with E-state index in [-0.39, 0.29) is 17.9 Å². The van der Waals surface area contributed by atoms with Crippen molar-refractivity contribution in [2.24, 2.45) is 5.92 Å². The summed E-state index contributed by atoms with van der Waals surface area (Å²) < 4.78 is 0. The second-order valence-electron chi connectivity index (χ2n) is 4.60. The molecule has 0 saturated heterocycles. The van der Waals surface area contributed by atoms with Gasteiger partial charge in [0.15, 0.2) is 0 Å². The summed E-state index contributed by atoms with van der Waals surface area (Å²) in [6, 6.07) is 8.30. The number of hydrogen-bond acceptors (Lipinski definition) is 2. The maximum absolute atomic E-state index is 11.8. The monoisotopic (exact) mass is 234 g/mol. The van der Waals surface area contributed by atoms with Gasteiger partial charge in [0.2, 0.25) is 5.91 Å². The van der Waals surface area contributed by atoms with Crippen LogP contribution in [0.25, 0.3) is 0 Å². The van der Waals surface area contributed by atoms with Gasteiger partial charge in [0.25, 0.3) is 0 Å². The van der Waals surface area contributed by atoms with Crippen LogP contribution in [0, 0.1) is 12.8 Å². The molecule has 0 aliphatic carbocycles. The third-order valence-corrected chi connectivity index (χ3v) is 2.89. The molecule has 1 rings (SSSR count). The molecule has 0 aliphatic heterocycles. The Morgan fingerprint density at radius 3 is 2.35 bits per heavy atom. The smallest absolute Gasteiger partial charge is 0.224 e. The van der Waals surface area contributed by atoms with E-state index in [4.69, 9.17) is 0 Å². The summed E-state index contributed by atoms with van der Waals surface area (Å²) in [6.07, 6.45) is 0. The lowest BCUT2D eigenvalue weighted by Crippen LogP contribution is -2.35. The Morgan fingerprint density at radius 1 is 1.24 bits per heavy atom. The number of hydrogen-bond donors (Lipinski definition) is 2. The first-order valence-electron chi connectivity index (χ1n) is 6.06. The van der Waals surface area contributed by atoms with Crippen molar-refractivity contribution < 1.29 is 4.79 Å². The average Bonchev–Trinajstić information content (AvgIpc) is 2.30. The minimum absolute atomic E-state index is 0.00658. The molecule has 94 valence electrons. The van der Waals surface area contributed by atoms with Gasteiger partial charge in [-0.3, -0.25) is 4.79 Å². The molecule has 17 heavy (non-hydrogen) atoms. The second-order valence-corrected chi connectivity index (χ2v) is 4.60. The Balaban J connectivity index is 2.57. The molecule has 0 aromatic heterocycles. The molecule has 3 heteroatoms. The van der Waals surface area contributed by atoms with Gasteiger partial charge in [0, 0.05) is 12.5 Å². The van der Waals surface area contributed by atoms with Crippen molar-refractivity contribution in [3.8, 4) is 0 Å². The van der Waals surface area contributed by atoms with Crippen molar-refractivity contribution in [3.63, 3.8) is 0 Å². The largest absolute Gasteiger partial charge is 0.349 e. The van der Waals surface area contributed by atoms with E-state index in [0.29, 0.717) is 6.54 Å². The van der Waals surface area contributed by atoms with Crippen molar-refractivity contribution in [3.05, 3.63) is 35.4 Å². The standard InChI is InChI=1S/C14H22N2O/c1-10-5-7-13(8-6-10)12(3)16-14(17)11(2)9-15-4/h5-8,11-12,15H,9H2,1-4H3,(H,16,17)/t11?,12-/m1/s1. The molecule has 0 spiro atoms. The first-order valence-corrected chi connectivity index (χ1v) is 6.06. The predicted octanol–water partition coefficient (Wildman–Crippen LogP) is 2.03. The Kier molecular flexibility index (Phi) is 5.16. The molecule has 3 nitrogen and oxygen atoms in total. The maximum atomic E-state index is 11.8. The van der Waals surface area contributed by atoms with E-state index in [9.17, 15) is 4.79 Å². The van der Waals surface area contributed by atoms with Crippen molar-refractivity contribution in [2.45, 2.75) is 26.8 Å². The number of rotatable bonds is 5. The summed E-state index contributed by atoms with van der Waals surface area (Å²) in [4.78, 5) is 11.8. The molecule has 2 N–H and O–H groups in total. The molecule has 0 saturated carbocycles. The molecular formula is C14H22N2O. The Bertz CT molecular complexity index is 359. The zero-order chi connectivity index (χ0) is 12.8. The first kappa shape index (κ1) is 13.7. The second kappa shape index (κ2) is 6.40. The number of carbonyl (C=O) groups is 1. The van der Waals surface area contributed by atoms with Crippen LogP contribution in [-0.4, -0.2) is 19.5 Å². The van der Waals surface area contributed by atoms with Gasteiger partial charge in [-0.05, 0) is 26.5 Å². The molecule has 1 aromatic rings. The van der Waals surface area contributed by atoms with Crippen molar-refractivity contribution in [2.75, 3.05) is 13.6 Å². The van der Waals surface area contributed by atoms with Crippen molar-refractivity contribution >= 4 is 5.91 Å². The number of aryl methyl sites for hydroxylation is 1. The lowest BCUT2D eigenvalue weighted by molar-refractivity contribution is -0.125. The molecule has 1 unspecified atom stereocenters. The van der Waals surface area contributed by atoms with Crippen molar-refractivity contribution in [1.29, 1.82) is 0 Å². The Labute approximate surface area is 104 Å². The third-order valence-electron chi connectivity index (χ3n) is 2.89. The number of nitrogens with one attached hydrogen (secondary N) is 2. The van der Waals surface area contributed by atoms with Gasteiger partial charge in [-0.25, -0.2) is 0 Å². The van der Waals surface area contributed by atoms with E-state index >= 15 is 0 Å². The summed E-state index contributed by atoms with van der Waals surface area (Å²) in [5, 5.41) is 6.03. The van der Waals surface area contributed by atoms with Crippen LogP contribution in [0.4, 0.5) is 0 Å². The highest BCUT2D eigenvalue weighted by Crippen LogP contribution is 2.13. The lowest BCUT2D eigenvalue weighted by Gasteiger charge is -2.18. The SMILES string of the molecule is CNCC(C)C(=O)N[C@H](C)c1ccc(C)cc1. The van der Waals surface area contributed by atoms with Crippen LogP contribution in [0.5, 0.6) is 0 Å². The van der Waals surface area contributed by atoms with Crippen LogP contribution in [0.2, 0.25) is 0 Å². The van der Waals surface area contributed by atoms with Crippen LogP contribution < -0.4 is 10.6 Å². The molecule has 1 aromatic carbocycles. The highest BCUT2D eigenvalue weighted by molar-refractivity contribution is 5.78. The predicted molar refractivity (Wildman–Crippen MR) is 70.8 cm³/mol. The van der Waals surface area contributed by atoms with Gasteiger partial charge >= 0.3 is 0 Å². The van der Waals surface area contributed by atoms with Crippen molar-refractivity contribution in [1.82, 2.24) is 10.6 Å². The molecule has 1 amide bonds. The fourth-order valence-electron chi connectivity index (χ4n) is 1.69. The molecular weight excluding hydrogens is 212 g/mol. The van der Waals surface area contributed by atoms with Gasteiger partial charge < -0.3 is 10.6 Å². The summed E-state index contributed by atoms with van der Waals surface area (Å²) in [6.45, 7) is 6.69. The Morgan fingerprint density at radius 2 is 1.82 bits per heavy atom. The minimum atomic E-state index is -0.00658. The quantitative estimate of drug-likeness (QED) is 0.818. The van der Waals surface area contributed by atoms with Crippen LogP contribution in [-0.2, 0) is 4.79 Å². The average molecular weight is 234 g/mol. The fraction of sp³-hybridized carbons (Fsp3) is 0.500. The van der Waals surface area contributed by atoms with Gasteiger partial charge in [0.1, 0.15) is 0 Å². The maximum Gasteiger partial charge on any atom is 0.224 e. The highest BCUT2D eigenvalue weighted by atomic mass is 16.1.